The molecule has 2 aromatic rings. The van der Waals surface area contributed by atoms with E-state index in [1.165, 1.54) is 0 Å². The van der Waals surface area contributed by atoms with E-state index in [1.807, 2.05) is 26.0 Å². The maximum Gasteiger partial charge on any atom is 0.138 e. The second kappa shape index (κ2) is 5.12. The molecule has 0 saturated carbocycles. The molecular formula is C13H12Cl2N2O. The molecule has 0 atom stereocenters. The molecule has 0 aliphatic rings. The van der Waals surface area contributed by atoms with Crippen LogP contribution in [0.5, 0.6) is 5.75 Å². The van der Waals surface area contributed by atoms with E-state index in [9.17, 15) is 0 Å². The Kier molecular flexibility index (Phi) is 3.73. The normalized spacial score (nSPS) is 10.5. The lowest BCUT2D eigenvalue weighted by Crippen LogP contribution is -1.97. The molecule has 1 heterocycles. The molecule has 0 spiro atoms. The van der Waals surface area contributed by atoms with Gasteiger partial charge in [0.15, 0.2) is 0 Å². The molecule has 1 aromatic heterocycles. The first-order valence-electron chi connectivity index (χ1n) is 5.37. The van der Waals surface area contributed by atoms with Crippen molar-refractivity contribution in [3.63, 3.8) is 0 Å². The fourth-order valence-electron chi connectivity index (χ4n) is 1.68. The van der Waals surface area contributed by atoms with Gasteiger partial charge in [0.05, 0.1) is 17.8 Å². The number of rotatable bonds is 2. The first kappa shape index (κ1) is 13.1. The predicted molar refractivity (Wildman–Crippen MR) is 73.5 cm³/mol. The first-order chi connectivity index (χ1) is 8.52. The molecule has 0 aliphatic heterocycles. The number of halogens is 2. The van der Waals surface area contributed by atoms with Crippen molar-refractivity contribution in [3.05, 3.63) is 39.8 Å². The van der Waals surface area contributed by atoms with Gasteiger partial charge in [-0.15, -0.1) is 0 Å². The van der Waals surface area contributed by atoms with Crippen LogP contribution in [0.25, 0.3) is 11.3 Å². The lowest BCUT2D eigenvalue weighted by Gasteiger charge is -2.10. The molecule has 5 heteroatoms. The summed E-state index contributed by atoms with van der Waals surface area (Å²) in [5.74, 6) is 1.25. The monoisotopic (exact) mass is 282 g/mol. The molecule has 0 N–H and O–H groups in total. The minimum absolute atomic E-state index is 0.464. The number of ether oxygens (including phenoxy) is 1. The van der Waals surface area contributed by atoms with Crippen LogP contribution in [0.1, 0.15) is 11.4 Å². The number of nitrogens with zero attached hydrogens (tertiary/aromatic N) is 2. The quantitative estimate of drug-likeness (QED) is 0.779. The van der Waals surface area contributed by atoms with Gasteiger partial charge in [0.2, 0.25) is 0 Å². The Balaban J connectivity index is 2.62. The molecule has 0 unspecified atom stereocenters. The van der Waals surface area contributed by atoms with Crippen LogP contribution in [0.2, 0.25) is 10.2 Å². The lowest BCUT2D eigenvalue weighted by molar-refractivity contribution is 0.415. The molecule has 94 valence electrons. The van der Waals surface area contributed by atoms with E-state index >= 15 is 0 Å². The van der Waals surface area contributed by atoms with Gasteiger partial charge in [-0.25, -0.2) is 9.97 Å². The Bertz CT molecular complexity index is 600. The second-order valence-corrected chi connectivity index (χ2v) is 4.65. The number of hydrogen-bond donors (Lipinski definition) is 0. The van der Waals surface area contributed by atoms with Gasteiger partial charge < -0.3 is 4.74 Å². The number of aryl methyl sites for hydroxylation is 1. The molecule has 0 radical (unpaired) electrons. The van der Waals surface area contributed by atoms with E-state index in [0.29, 0.717) is 21.7 Å². The highest BCUT2D eigenvalue weighted by atomic mass is 35.5. The summed E-state index contributed by atoms with van der Waals surface area (Å²) < 4.78 is 5.20. The van der Waals surface area contributed by atoms with Gasteiger partial charge in [0.25, 0.3) is 0 Å². The van der Waals surface area contributed by atoms with Crippen LogP contribution in [-0.4, -0.2) is 17.1 Å². The molecular weight excluding hydrogens is 271 g/mol. The molecule has 0 amide bonds. The Morgan fingerprint density at radius 3 is 2.50 bits per heavy atom. The topological polar surface area (TPSA) is 35.0 Å². The molecule has 2 rings (SSSR count). The number of benzene rings is 1. The molecule has 3 nitrogen and oxygen atoms in total. The van der Waals surface area contributed by atoms with Gasteiger partial charge in [-0.1, -0.05) is 29.3 Å². The van der Waals surface area contributed by atoms with Crippen molar-refractivity contribution in [1.29, 1.82) is 0 Å². The van der Waals surface area contributed by atoms with Crippen LogP contribution >= 0.6 is 23.2 Å². The summed E-state index contributed by atoms with van der Waals surface area (Å²) in [6.45, 7) is 3.69. The fourth-order valence-corrected chi connectivity index (χ4v) is 2.09. The highest BCUT2D eigenvalue weighted by molar-refractivity contribution is 6.32. The van der Waals surface area contributed by atoms with E-state index < -0.39 is 0 Å². The zero-order valence-corrected chi connectivity index (χ0v) is 11.8. The van der Waals surface area contributed by atoms with Crippen molar-refractivity contribution in [2.45, 2.75) is 13.8 Å². The zero-order valence-electron chi connectivity index (χ0n) is 10.3. The van der Waals surface area contributed by atoms with Gasteiger partial charge >= 0.3 is 0 Å². The zero-order chi connectivity index (χ0) is 13.3. The SMILES string of the molecule is COc1cc(-c2nc(C)nc(Cl)c2C)ccc1Cl. The third-order valence-corrected chi connectivity index (χ3v) is 3.30. The Hall–Kier alpha value is -1.32. The second-order valence-electron chi connectivity index (χ2n) is 3.88. The average Bonchev–Trinajstić information content (AvgIpc) is 2.34. The smallest absolute Gasteiger partial charge is 0.138 e. The highest BCUT2D eigenvalue weighted by Crippen LogP contribution is 2.32. The van der Waals surface area contributed by atoms with Crippen LogP contribution in [0.15, 0.2) is 18.2 Å². The minimum atomic E-state index is 0.464. The van der Waals surface area contributed by atoms with Gasteiger partial charge in [-0.05, 0) is 26.0 Å². The van der Waals surface area contributed by atoms with Gasteiger partial charge in [-0.2, -0.15) is 0 Å². The van der Waals surface area contributed by atoms with Crippen molar-refractivity contribution in [2.75, 3.05) is 7.11 Å². The maximum atomic E-state index is 6.07. The first-order valence-corrected chi connectivity index (χ1v) is 6.13. The molecule has 0 aliphatic carbocycles. The van der Waals surface area contributed by atoms with E-state index in [-0.39, 0.29) is 0 Å². The third-order valence-electron chi connectivity index (χ3n) is 2.62. The molecule has 0 bridgehead atoms. The van der Waals surface area contributed by atoms with E-state index in [2.05, 4.69) is 9.97 Å². The summed E-state index contributed by atoms with van der Waals surface area (Å²) in [5.41, 5.74) is 2.54. The fraction of sp³-hybridized carbons (Fsp3) is 0.231. The lowest BCUT2D eigenvalue weighted by atomic mass is 10.1. The standard InChI is InChI=1S/C13H12Cl2N2O/c1-7-12(16-8(2)17-13(7)15)9-4-5-10(14)11(6-9)18-3/h4-6H,1-3H3. The third kappa shape index (κ3) is 2.42. The van der Waals surface area contributed by atoms with Crippen LogP contribution in [-0.2, 0) is 0 Å². The molecule has 1 aromatic carbocycles. The summed E-state index contributed by atoms with van der Waals surface area (Å²) >= 11 is 12.1. The number of methoxy groups -OCH3 is 1. The van der Waals surface area contributed by atoms with Crippen LogP contribution < -0.4 is 4.74 Å². The minimum Gasteiger partial charge on any atom is -0.495 e. The van der Waals surface area contributed by atoms with Crippen LogP contribution in [0.4, 0.5) is 0 Å². The average molecular weight is 283 g/mol. The van der Waals surface area contributed by atoms with E-state index in [1.54, 1.807) is 13.2 Å². The predicted octanol–water partition coefficient (Wildman–Crippen LogP) is 4.08. The van der Waals surface area contributed by atoms with Crippen molar-refractivity contribution >= 4 is 23.2 Å². The Labute approximate surface area is 116 Å². The molecule has 0 fully saturated rings. The highest BCUT2D eigenvalue weighted by Gasteiger charge is 2.11. The van der Waals surface area contributed by atoms with Crippen molar-refractivity contribution in [1.82, 2.24) is 9.97 Å². The summed E-state index contributed by atoms with van der Waals surface area (Å²) in [4.78, 5) is 8.53. The van der Waals surface area contributed by atoms with Gasteiger partial charge in [0, 0.05) is 11.1 Å². The summed E-state index contributed by atoms with van der Waals surface area (Å²) in [7, 11) is 1.58. The van der Waals surface area contributed by atoms with Crippen molar-refractivity contribution in [3.8, 4) is 17.0 Å². The van der Waals surface area contributed by atoms with E-state index in [4.69, 9.17) is 27.9 Å². The van der Waals surface area contributed by atoms with Crippen molar-refractivity contribution in [2.24, 2.45) is 0 Å². The van der Waals surface area contributed by atoms with Gasteiger partial charge in [0.1, 0.15) is 16.7 Å². The Morgan fingerprint density at radius 2 is 1.83 bits per heavy atom. The molecule has 18 heavy (non-hydrogen) atoms. The van der Waals surface area contributed by atoms with Crippen molar-refractivity contribution < 1.29 is 4.74 Å². The van der Waals surface area contributed by atoms with E-state index in [0.717, 1.165) is 16.8 Å². The molecule has 0 saturated heterocycles. The van der Waals surface area contributed by atoms with Crippen LogP contribution in [0.3, 0.4) is 0 Å². The van der Waals surface area contributed by atoms with Crippen LogP contribution in [0, 0.1) is 13.8 Å². The number of aromatic nitrogens is 2. The van der Waals surface area contributed by atoms with Gasteiger partial charge in [-0.3, -0.25) is 0 Å². The summed E-state index contributed by atoms with van der Waals surface area (Å²) in [5, 5.41) is 1.03. The maximum absolute atomic E-state index is 6.07. The number of hydrogen-bond acceptors (Lipinski definition) is 3. The summed E-state index contributed by atoms with van der Waals surface area (Å²) in [6.07, 6.45) is 0. The summed E-state index contributed by atoms with van der Waals surface area (Å²) in [6, 6.07) is 5.50. The largest absolute Gasteiger partial charge is 0.495 e. The Morgan fingerprint density at radius 1 is 1.11 bits per heavy atom.